The monoisotopic (exact) mass is 204 g/mol. The molecule has 0 aromatic carbocycles. The Morgan fingerprint density at radius 2 is 2.40 bits per heavy atom. The number of hydrogen-bond acceptors (Lipinski definition) is 4. The van der Waals surface area contributed by atoms with Crippen molar-refractivity contribution in [3.63, 3.8) is 0 Å². The minimum atomic E-state index is 0.175. The highest BCUT2D eigenvalue weighted by Gasteiger charge is 2.21. The zero-order valence-electron chi connectivity index (χ0n) is 8.22. The maximum atomic E-state index is 9.58. The van der Waals surface area contributed by atoms with E-state index in [1.165, 1.54) is 6.42 Å². The molecule has 5 heteroatoms. The first kappa shape index (κ1) is 8.67. The van der Waals surface area contributed by atoms with E-state index in [9.17, 15) is 5.11 Å². The van der Waals surface area contributed by atoms with Crippen LogP contribution < -0.4 is 5.32 Å². The molecular formula is C10H12N4O. The van der Waals surface area contributed by atoms with Crippen LogP contribution in [-0.4, -0.2) is 26.2 Å². The number of aromatic hydroxyl groups is 1. The summed E-state index contributed by atoms with van der Waals surface area (Å²) in [6, 6.07) is 3.68. The topological polar surface area (TPSA) is 62.5 Å². The molecule has 1 saturated heterocycles. The fraction of sp³-hybridized carbons (Fsp3) is 0.400. The number of pyridine rings is 1. The summed E-state index contributed by atoms with van der Waals surface area (Å²) in [5.41, 5.74) is 0.529. The highest BCUT2D eigenvalue weighted by Crippen LogP contribution is 2.24. The summed E-state index contributed by atoms with van der Waals surface area (Å²) < 4.78 is 1.85. The van der Waals surface area contributed by atoms with Crippen LogP contribution in [-0.2, 0) is 0 Å². The first-order valence-corrected chi connectivity index (χ1v) is 5.12. The third kappa shape index (κ3) is 1.27. The Hall–Kier alpha value is -1.62. The zero-order chi connectivity index (χ0) is 10.3. The molecule has 2 N–H and O–H groups in total. The molecule has 3 heterocycles. The smallest absolute Gasteiger partial charge is 0.203 e. The first-order chi connectivity index (χ1) is 7.36. The predicted molar refractivity (Wildman–Crippen MR) is 54.6 cm³/mol. The van der Waals surface area contributed by atoms with Crippen LogP contribution in [0.4, 0.5) is 0 Å². The van der Waals surface area contributed by atoms with Gasteiger partial charge < -0.3 is 10.4 Å². The second kappa shape index (κ2) is 3.20. The van der Waals surface area contributed by atoms with E-state index in [-0.39, 0.29) is 11.8 Å². The summed E-state index contributed by atoms with van der Waals surface area (Å²) in [5.74, 6) is 1.06. The number of aromatic nitrogens is 3. The van der Waals surface area contributed by atoms with Gasteiger partial charge >= 0.3 is 0 Å². The first-order valence-electron chi connectivity index (χ1n) is 5.12. The molecule has 3 rings (SSSR count). The number of rotatable bonds is 1. The lowest BCUT2D eigenvalue weighted by molar-refractivity contribution is 0.477. The van der Waals surface area contributed by atoms with E-state index in [2.05, 4.69) is 15.5 Å². The maximum Gasteiger partial charge on any atom is 0.203 e. The van der Waals surface area contributed by atoms with Crippen LogP contribution in [0, 0.1) is 0 Å². The molecule has 1 atom stereocenters. The van der Waals surface area contributed by atoms with Gasteiger partial charge in [0.1, 0.15) is 0 Å². The van der Waals surface area contributed by atoms with Crippen LogP contribution in [0.5, 0.6) is 5.75 Å². The Morgan fingerprint density at radius 3 is 3.20 bits per heavy atom. The highest BCUT2D eigenvalue weighted by molar-refractivity contribution is 5.52. The average molecular weight is 204 g/mol. The minimum Gasteiger partial charge on any atom is -0.504 e. The van der Waals surface area contributed by atoms with E-state index in [1.54, 1.807) is 12.1 Å². The van der Waals surface area contributed by atoms with Gasteiger partial charge in [0.15, 0.2) is 11.6 Å². The van der Waals surface area contributed by atoms with Gasteiger partial charge in [0.2, 0.25) is 5.65 Å². The van der Waals surface area contributed by atoms with E-state index >= 15 is 0 Å². The van der Waals surface area contributed by atoms with Crippen molar-refractivity contribution in [2.45, 2.75) is 18.9 Å². The van der Waals surface area contributed by atoms with Gasteiger partial charge in [-0.1, -0.05) is 0 Å². The van der Waals surface area contributed by atoms with Gasteiger partial charge in [-0.05, 0) is 31.5 Å². The summed E-state index contributed by atoms with van der Waals surface area (Å²) in [7, 11) is 0. The number of nitrogens with zero attached hydrogens (tertiary/aromatic N) is 3. The van der Waals surface area contributed by atoms with Crippen LogP contribution in [0.3, 0.4) is 0 Å². The molecular weight excluding hydrogens is 192 g/mol. The van der Waals surface area contributed by atoms with E-state index in [0.717, 1.165) is 18.8 Å². The number of nitrogens with one attached hydrogen (secondary N) is 1. The van der Waals surface area contributed by atoms with Crippen LogP contribution in [0.25, 0.3) is 5.65 Å². The molecule has 1 aliphatic rings. The van der Waals surface area contributed by atoms with E-state index in [0.29, 0.717) is 5.65 Å². The average Bonchev–Trinajstić information content (AvgIpc) is 2.85. The molecule has 0 saturated carbocycles. The second-order valence-corrected chi connectivity index (χ2v) is 3.79. The van der Waals surface area contributed by atoms with Crippen LogP contribution in [0.15, 0.2) is 18.3 Å². The quantitative estimate of drug-likeness (QED) is 0.723. The summed E-state index contributed by atoms with van der Waals surface area (Å²) in [5, 5.41) is 21.1. The largest absolute Gasteiger partial charge is 0.504 e. The summed E-state index contributed by atoms with van der Waals surface area (Å²) >= 11 is 0. The number of hydrogen-bond donors (Lipinski definition) is 2. The summed E-state index contributed by atoms with van der Waals surface area (Å²) in [6.07, 6.45) is 4.12. The highest BCUT2D eigenvalue weighted by atomic mass is 16.3. The van der Waals surface area contributed by atoms with Crippen molar-refractivity contribution in [1.29, 1.82) is 0 Å². The molecule has 1 aliphatic heterocycles. The van der Waals surface area contributed by atoms with Gasteiger partial charge in [-0.25, -0.2) is 0 Å². The molecule has 15 heavy (non-hydrogen) atoms. The molecule has 1 fully saturated rings. The Labute approximate surface area is 86.8 Å². The molecule has 2 aromatic heterocycles. The predicted octanol–water partition coefficient (Wildman–Crippen LogP) is 0.859. The number of fused-ring (bicyclic) bond motifs is 1. The van der Waals surface area contributed by atoms with Crippen molar-refractivity contribution in [1.82, 2.24) is 19.9 Å². The Bertz CT molecular complexity index is 487. The summed E-state index contributed by atoms with van der Waals surface area (Å²) in [6.45, 7) is 1.03. The zero-order valence-corrected chi connectivity index (χ0v) is 8.22. The molecule has 78 valence electrons. The van der Waals surface area contributed by atoms with Crippen molar-refractivity contribution in [3.8, 4) is 5.75 Å². The van der Waals surface area contributed by atoms with Gasteiger partial charge in [-0.3, -0.25) is 4.40 Å². The Kier molecular flexibility index (Phi) is 1.85. The molecule has 0 amide bonds. The van der Waals surface area contributed by atoms with Crippen molar-refractivity contribution in [2.24, 2.45) is 0 Å². The lowest BCUT2D eigenvalue weighted by atomic mass is 10.2. The normalized spacial score (nSPS) is 21.2. The molecule has 0 spiro atoms. The fourth-order valence-electron chi connectivity index (χ4n) is 2.06. The standard InChI is InChI=1S/C10H12N4O/c15-8-4-2-6-14-9(12-13-10(8)14)7-3-1-5-11-7/h2,4,6-7,11,15H,1,3,5H2. The molecule has 2 aromatic rings. The SMILES string of the molecule is Oc1cccn2c(C3CCCN3)nnc12. The van der Waals surface area contributed by atoms with Crippen molar-refractivity contribution in [2.75, 3.05) is 6.54 Å². The van der Waals surface area contributed by atoms with E-state index in [1.807, 2.05) is 10.6 Å². The Morgan fingerprint density at radius 1 is 1.47 bits per heavy atom. The third-order valence-corrected chi connectivity index (χ3v) is 2.81. The van der Waals surface area contributed by atoms with Crippen LogP contribution in [0.1, 0.15) is 24.7 Å². The Balaban J connectivity index is 2.15. The second-order valence-electron chi connectivity index (χ2n) is 3.79. The van der Waals surface area contributed by atoms with Crippen LogP contribution >= 0.6 is 0 Å². The maximum absolute atomic E-state index is 9.58. The molecule has 0 aliphatic carbocycles. The van der Waals surface area contributed by atoms with Crippen LogP contribution in [0.2, 0.25) is 0 Å². The van der Waals surface area contributed by atoms with Gasteiger partial charge in [0, 0.05) is 6.20 Å². The van der Waals surface area contributed by atoms with Gasteiger partial charge in [0.25, 0.3) is 0 Å². The van der Waals surface area contributed by atoms with E-state index < -0.39 is 0 Å². The minimum absolute atomic E-state index is 0.175. The molecule has 0 bridgehead atoms. The molecule has 0 radical (unpaired) electrons. The van der Waals surface area contributed by atoms with Gasteiger partial charge in [-0.15, -0.1) is 10.2 Å². The lowest BCUT2D eigenvalue weighted by Crippen LogP contribution is -2.15. The van der Waals surface area contributed by atoms with Crippen molar-refractivity contribution >= 4 is 5.65 Å². The fourth-order valence-corrected chi connectivity index (χ4v) is 2.06. The lowest BCUT2D eigenvalue weighted by Gasteiger charge is -2.07. The van der Waals surface area contributed by atoms with Crippen molar-refractivity contribution < 1.29 is 5.11 Å². The van der Waals surface area contributed by atoms with Gasteiger partial charge in [-0.2, -0.15) is 0 Å². The van der Waals surface area contributed by atoms with Gasteiger partial charge in [0.05, 0.1) is 6.04 Å². The van der Waals surface area contributed by atoms with Crippen molar-refractivity contribution in [3.05, 3.63) is 24.2 Å². The summed E-state index contributed by atoms with van der Waals surface area (Å²) in [4.78, 5) is 0. The molecule has 5 nitrogen and oxygen atoms in total. The van der Waals surface area contributed by atoms with E-state index in [4.69, 9.17) is 0 Å². The third-order valence-electron chi connectivity index (χ3n) is 2.81. The molecule has 1 unspecified atom stereocenters.